The zero-order valence-corrected chi connectivity index (χ0v) is 10.5. The normalized spacial score (nSPS) is 10.2. The monoisotopic (exact) mass is 284 g/mol. The zero-order valence-electron chi connectivity index (χ0n) is 8.95. The van der Waals surface area contributed by atoms with Crippen LogP contribution in [0.25, 0.3) is 0 Å². The van der Waals surface area contributed by atoms with E-state index >= 15 is 0 Å². The van der Waals surface area contributed by atoms with Gasteiger partial charge in [0.1, 0.15) is 11.0 Å². The van der Waals surface area contributed by atoms with Crippen molar-refractivity contribution >= 4 is 34.8 Å². The highest BCUT2D eigenvalue weighted by molar-refractivity contribution is 6.35. The lowest BCUT2D eigenvalue weighted by Gasteiger charge is -2.06. The summed E-state index contributed by atoms with van der Waals surface area (Å²) >= 11 is 11.5. The number of carbonyl (C=O) groups is 1. The molecule has 1 amide bonds. The molecule has 1 aromatic carbocycles. The van der Waals surface area contributed by atoms with Crippen molar-refractivity contribution < 1.29 is 9.18 Å². The summed E-state index contributed by atoms with van der Waals surface area (Å²) in [5.41, 5.74) is 0.673. The highest BCUT2D eigenvalue weighted by Gasteiger charge is 2.11. The quantitative estimate of drug-likeness (QED) is 0.853. The molecule has 0 radical (unpaired) electrons. The van der Waals surface area contributed by atoms with Gasteiger partial charge in [0.05, 0.1) is 10.6 Å². The first kappa shape index (κ1) is 12.8. The van der Waals surface area contributed by atoms with Crippen molar-refractivity contribution in [2.45, 2.75) is 0 Å². The third-order valence-electron chi connectivity index (χ3n) is 2.17. The summed E-state index contributed by atoms with van der Waals surface area (Å²) in [4.78, 5) is 15.6. The van der Waals surface area contributed by atoms with Crippen LogP contribution >= 0.6 is 23.2 Å². The van der Waals surface area contributed by atoms with E-state index in [1.165, 1.54) is 36.5 Å². The van der Waals surface area contributed by atoms with Crippen LogP contribution in [0.5, 0.6) is 0 Å². The van der Waals surface area contributed by atoms with Gasteiger partial charge in [-0.2, -0.15) is 0 Å². The fraction of sp³-hybridized carbons (Fsp3) is 0. The van der Waals surface area contributed by atoms with Crippen molar-refractivity contribution in [1.82, 2.24) is 4.98 Å². The maximum Gasteiger partial charge on any atom is 0.257 e. The number of aromatic nitrogens is 1. The Morgan fingerprint density at radius 3 is 2.56 bits per heavy atom. The smallest absolute Gasteiger partial charge is 0.257 e. The van der Waals surface area contributed by atoms with Crippen LogP contribution in [0.4, 0.5) is 10.1 Å². The number of carbonyl (C=O) groups excluding carboxylic acids is 1. The van der Waals surface area contributed by atoms with E-state index in [0.29, 0.717) is 5.69 Å². The molecule has 3 nitrogen and oxygen atoms in total. The number of anilines is 1. The predicted octanol–water partition coefficient (Wildman–Crippen LogP) is 3.78. The van der Waals surface area contributed by atoms with Crippen LogP contribution in [0.1, 0.15) is 10.4 Å². The summed E-state index contributed by atoms with van der Waals surface area (Å²) in [5.74, 6) is -0.811. The first-order valence-corrected chi connectivity index (χ1v) is 5.70. The highest BCUT2D eigenvalue weighted by Crippen LogP contribution is 2.19. The van der Waals surface area contributed by atoms with Crippen LogP contribution in [0.15, 0.2) is 36.5 Å². The highest BCUT2D eigenvalue weighted by atomic mass is 35.5. The van der Waals surface area contributed by atoms with Gasteiger partial charge in [-0.05, 0) is 30.3 Å². The van der Waals surface area contributed by atoms with Gasteiger partial charge in [0.2, 0.25) is 0 Å². The van der Waals surface area contributed by atoms with Crippen molar-refractivity contribution in [2.75, 3.05) is 5.32 Å². The second-order valence-corrected chi connectivity index (χ2v) is 4.24. The lowest BCUT2D eigenvalue weighted by atomic mass is 10.2. The van der Waals surface area contributed by atoms with E-state index in [0.717, 1.165) is 0 Å². The molecule has 2 aromatic rings. The molecule has 0 aliphatic carbocycles. The van der Waals surface area contributed by atoms with Gasteiger partial charge in [0.25, 0.3) is 5.91 Å². The molecule has 92 valence electrons. The average Bonchev–Trinajstić information content (AvgIpc) is 2.35. The lowest BCUT2D eigenvalue weighted by Crippen LogP contribution is -2.12. The SMILES string of the molecule is O=C(Nc1ccc(F)cc1)c1cc(Cl)ncc1Cl. The Balaban J connectivity index is 2.21. The molecule has 0 atom stereocenters. The Bertz CT molecular complexity index is 587. The average molecular weight is 285 g/mol. The van der Waals surface area contributed by atoms with Gasteiger partial charge in [-0.1, -0.05) is 23.2 Å². The van der Waals surface area contributed by atoms with Crippen LogP contribution in [-0.2, 0) is 0 Å². The standard InChI is InChI=1S/C12H7Cl2FN2O/c13-10-6-16-11(14)5-9(10)12(18)17-8-3-1-7(15)2-4-8/h1-6H,(H,17,18). The minimum atomic E-state index is -0.434. The Kier molecular flexibility index (Phi) is 3.79. The Morgan fingerprint density at radius 1 is 1.22 bits per heavy atom. The van der Waals surface area contributed by atoms with Crippen LogP contribution in [0.3, 0.4) is 0 Å². The molecule has 0 unspecified atom stereocenters. The molecule has 0 spiro atoms. The summed E-state index contributed by atoms with van der Waals surface area (Å²) in [6.45, 7) is 0. The minimum Gasteiger partial charge on any atom is -0.322 e. The molecule has 0 saturated carbocycles. The molecule has 0 bridgehead atoms. The van der Waals surface area contributed by atoms with Crippen LogP contribution in [-0.4, -0.2) is 10.9 Å². The van der Waals surface area contributed by atoms with E-state index in [9.17, 15) is 9.18 Å². The molecule has 2 rings (SSSR count). The molecule has 6 heteroatoms. The van der Waals surface area contributed by atoms with E-state index in [1.54, 1.807) is 0 Å². The zero-order chi connectivity index (χ0) is 13.1. The number of pyridine rings is 1. The third-order valence-corrected chi connectivity index (χ3v) is 2.68. The fourth-order valence-corrected chi connectivity index (χ4v) is 1.67. The molecule has 18 heavy (non-hydrogen) atoms. The number of nitrogens with one attached hydrogen (secondary N) is 1. The number of nitrogens with zero attached hydrogens (tertiary/aromatic N) is 1. The molecule has 1 N–H and O–H groups in total. The summed E-state index contributed by atoms with van der Waals surface area (Å²) in [7, 11) is 0. The Morgan fingerprint density at radius 2 is 1.89 bits per heavy atom. The van der Waals surface area contributed by atoms with E-state index in [-0.39, 0.29) is 21.6 Å². The fourth-order valence-electron chi connectivity index (χ4n) is 1.32. The number of rotatable bonds is 2. The van der Waals surface area contributed by atoms with E-state index in [1.807, 2.05) is 0 Å². The van der Waals surface area contributed by atoms with Gasteiger partial charge in [-0.3, -0.25) is 4.79 Å². The van der Waals surface area contributed by atoms with E-state index < -0.39 is 5.91 Å². The molecule has 0 saturated heterocycles. The van der Waals surface area contributed by atoms with Crippen molar-refractivity contribution in [3.05, 3.63) is 58.1 Å². The van der Waals surface area contributed by atoms with Gasteiger partial charge < -0.3 is 5.32 Å². The Hall–Kier alpha value is -1.65. The van der Waals surface area contributed by atoms with Crippen LogP contribution < -0.4 is 5.32 Å². The lowest BCUT2D eigenvalue weighted by molar-refractivity contribution is 0.102. The maximum atomic E-state index is 12.7. The van der Waals surface area contributed by atoms with Crippen molar-refractivity contribution in [3.63, 3.8) is 0 Å². The maximum absolute atomic E-state index is 12.7. The molecule has 0 aliphatic rings. The van der Waals surface area contributed by atoms with Crippen LogP contribution in [0.2, 0.25) is 10.2 Å². The Labute approximate surface area is 113 Å². The summed E-state index contributed by atoms with van der Waals surface area (Å²) in [6, 6.07) is 6.75. The minimum absolute atomic E-state index is 0.170. The van der Waals surface area contributed by atoms with Gasteiger partial charge in [-0.25, -0.2) is 9.37 Å². The van der Waals surface area contributed by atoms with Crippen LogP contribution in [0, 0.1) is 5.82 Å². The van der Waals surface area contributed by atoms with Gasteiger partial charge in [-0.15, -0.1) is 0 Å². The second-order valence-electron chi connectivity index (χ2n) is 3.45. The largest absolute Gasteiger partial charge is 0.322 e. The van der Waals surface area contributed by atoms with Gasteiger partial charge >= 0.3 is 0 Å². The third kappa shape index (κ3) is 2.97. The molecule has 0 fully saturated rings. The van der Waals surface area contributed by atoms with E-state index in [4.69, 9.17) is 23.2 Å². The summed E-state index contributed by atoms with van der Waals surface area (Å²) < 4.78 is 12.7. The predicted molar refractivity (Wildman–Crippen MR) is 68.6 cm³/mol. The van der Waals surface area contributed by atoms with Crippen molar-refractivity contribution in [1.29, 1.82) is 0 Å². The van der Waals surface area contributed by atoms with E-state index in [2.05, 4.69) is 10.3 Å². The number of hydrogen-bond acceptors (Lipinski definition) is 2. The second kappa shape index (κ2) is 5.33. The first-order chi connectivity index (χ1) is 8.56. The van der Waals surface area contributed by atoms with Crippen molar-refractivity contribution in [3.8, 4) is 0 Å². The number of benzene rings is 1. The molecule has 1 heterocycles. The topological polar surface area (TPSA) is 42.0 Å². The number of halogens is 3. The molecular weight excluding hydrogens is 278 g/mol. The first-order valence-electron chi connectivity index (χ1n) is 4.94. The van der Waals surface area contributed by atoms with Crippen molar-refractivity contribution in [2.24, 2.45) is 0 Å². The number of amides is 1. The van der Waals surface area contributed by atoms with Gasteiger partial charge in [0.15, 0.2) is 0 Å². The number of hydrogen-bond donors (Lipinski definition) is 1. The molecule has 1 aromatic heterocycles. The summed E-state index contributed by atoms with van der Waals surface area (Å²) in [6.07, 6.45) is 1.30. The molecule has 0 aliphatic heterocycles. The molecular formula is C12H7Cl2FN2O. The van der Waals surface area contributed by atoms with Gasteiger partial charge in [0, 0.05) is 11.9 Å². The summed E-state index contributed by atoms with van der Waals surface area (Å²) in [5, 5.41) is 2.94.